The van der Waals surface area contributed by atoms with Crippen LogP contribution in [0.4, 0.5) is 18.8 Å². The molecule has 1 nitrogen and oxygen atoms in total. The molecule has 0 fully saturated rings. The molecule has 0 saturated carbocycles. The van der Waals surface area contributed by atoms with Crippen molar-refractivity contribution < 1.29 is 18.8 Å². The van der Waals surface area contributed by atoms with Crippen molar-refractivity contribution in [1.29, 1.82) is 0 Å². The molecule has 0 aliphatic rings. The molecule has 0 aromatic heterocycles. The van der Waals surface area contributed by atoms with Crippen molar-refractivity contribution in [2.75, 3.05) is 0 Å². The molecule has 0 spiro atoms. The minimum absolute atomic E-state index is 0. The molecule has 80 valence electrons. The fourth-order valence-electron chi connectivity index (χ4n) is 0.614. The predicted molar refractivity (Wildman–Crippen MR) is 54.3 cm³/mol. The monoisotopic (exact) mass is 201 g/mol. The molecule has 2 N–H and O–H groups in total. The summed E-state index contributed by atoms with van der Waals surface area (Å²) in [5, 5.41) is 0. The molecular weight excluding hydrogens is 185 g/mol. The Kier molecular flexibility index (Phi) is 39.2. The van der Waals surface area contributed by atoms with Crippen LogP contribution in [0.25, 0.3) is 0 Å². The molecule has 13 heavy (non-hydrogen) atoms. The smallest absolute Gasteiger partial charge is 0.0814 e. The van der Waals surface area contributed by atoms with Crippen LogP contribution < -0.4 is 5.73 Å². The van der Waals surface area contributed by atoms with Gasteiger partial charge in [0.05, 0.1) is 8.41 Å². The van der Waals surface area contributed by atoms with E-state index < -0.39 is 0 Å². The second kappa shape index (κ2) is 17.2. The molecule has 0 saturated heterocycles. The molecule has 0 aliphatic heterocycles. The Morgan fingerprint density at radius 3 is 1.46 bits per heavy atom. The Balaban J connectivity index is -0.0000000427. The van der Waals surface area contributed by atoms with E-state index in [1.807, 2.05) is 30.3 Å². The maximum Gasteiger partial charge on any atom is 0.0814 e. The van der Waals surface area contributed by atoms with Gasteiger partial charge in [0, 0.05) is 6.54 Å². The third-order valence-corrected chi connectivity index (χ3v) is 1.08. The van der Waals surface area contributed by atoms with E-state index in [0.717, 1.165) is 0 Å². The Hall–Kier alpha value is -1.04. The van der Waals surface area contributed by atoms with Gasteiger partial charge in [-0.3, -0.25) is 18.8 Å². The van der Waals surface area contributed by atoms with Gasteiger partial charge in [0.15, 0.2) is 0 Å². The summed E-state index contributed by atoms with van der Waals surface area (Å²) in [5.41, 5.74) is 6.54. The minimum Gasteiger partial charge on any atom is -0.326 e. The summed E-state index contributed by atoms with van der Waals surface area (Å²) in [5.74, 6) is 0. The number of halogens is 4. The SMILES string of the molecule is B.F.F.F.F.NCc1ccccc1. The van der Waals surface area contributed by atoms with E-state index in [2.05, 4.69) is 0 Å². The van der Waals surface area contributed by atoms with Crippen LogP contribution in [0.2, 0.25) is 0 Å². The maximum absolute atomic E-state index is 5.35. The zero-order valence-electron chi connectivity index (χ0n) is 6.30. The lowest BCUT2D eigenvalue weighted by molar-refractivity contribution is 1.07. The average Bonchev–Trinajstić information content (AvgIpc) is 1.90. The van der Waals surface area contributed by atoms with Gasteiger partial charge in [0.2, 0.25) is 0 Å². The highest BCUT2D eigenvalue weighted by molar-refractivity contribution is 5.75. The highest BCUT2D eigenvalue weighted by atomic mass is 19.0. The third kappa shape index (κ3) is 11.0. The summed E-state index contributed by atoms with van der Waals surface area (Å²) >= 11 is 0. The zero-order chi connectivity index (χ0) is 5.82. The normalized spacial score (nSPS) is 5.62. The molecule has 0 atom stereocenters. The van der Waals surface area contributed by atoms with Crippen molar-refractivity contribution in [1.82, 2.24) is 0 Å². The minimum atomic E-state index is 0. The molecule has 6 heteroatoms. The van der Waals surface area contributed by atoms with Gasteiger partial charge in [0.1, 0.15) is 0 Å². The van der Waals surface area contributed by atoms with E-state index >= 15 is 0 Å². The number of nitrogens with two attached hydrogens (primary N) is 1. The van der Waals surface area contributed by atoms with Crippen LogP contribution >= 0.6 is 0 Å². The average molecular weight is 201 g/mol. The molecular formula is C7H16BF4N. The number of rotatable bonds is 1. The molecule has 0 aliphatic carbocycles. The maximum atomic E-state index is 5.35. The van der Waals surface area contributed by atoms with Crippen molar-refractivity contribution in [2.24, 2.45) is 5.73 Å². The Labute approximate surface area is 76.4 Å². The van der Waals surface area contributed by atoms with Crippen LogP contribution in [0, 0.1) is 0 Å². The van der Waals surface area contributed by atoms with Gasteiger partial charge in [-0.05, 0) is 5.56 Å². The van der Waals surface area contributed by atoms with Gasteiger partial charge in [-0.2, -0.15) is 0 Å². The fourth-order valence-corrected chi connectivity index (χ4v) is 0.614. The van der Waals surface area contributed by atoms with E-state index in [9.17, 15) is 0 Å². The quantitative estimate of drug-likeness (QED) is 0.521. The summed E-state index contributed by atoms with van der Waals surface area (Å²) in [7, 11) is 0. The van der Waals surface area contributed by atoms with E-state index in [4.69, 9.17) is 5.73 Å². The van der Waals surface area contributed by atoms with Crippen molar-refractivity contribution in [3.05, 3.63) is 35.9 Å². The molecule has 0 bridgehead atoms. The highest BCUT2D eigenvalue weighted by Gasteiger charge is 1.80. The van der Waals surface area contributed by atoms with Gasteiger partial charge >= 0.3 is 0 Å². The standard InChI is InChI=1S/C7H9N.BH3.4FH/c8-6-7-4-2-1-3-5-7;;;;;/h1-5H,6,8H2;1H3;4*1H. The lowest BCUT2D eigenvalue weighted by Gasteiger charge is -1.90. The largest absolute Gasteiger partial charge is 0.326 e. The molecule has 0 heterocycles. The third-order valence-electron chi connectivity index (χ3n) is 1.08. The topological polar surface area (TPSA) is 26.0 Å². The Bertz CT molecular complexity index is 162. The summed E-state index contributed by atoms with van der Waals surface area (Å²) < 4.78 is 0. The second-order valence-electron chi connectivity index (χ2n) is 1.69. The lowest BCUT2D eigenvalue weighted by Crippen LogP contribution is -1.94. The fraction of sp³-hybridized carbons (Fsp3) is 0.143. The first-order chi connectivity index (χ1) is 3.93. The van der Waals surface area contributed by atoms with Crippen LogP contribution in [-0.2, 0) is 6.54 Å². The Morgan fingerprint density at radius 1 is 0.846 bits per heavy atom. The zero-order valence-corrected chi connectivity index (χ0v) is 6.30. The van der Waals surface area contributed by atoms with Gasteiger partial charge in [-0.1, -0.05) is 30.3 Å². The molecule has 0 unspecified atom stereocenters. The number of benzene rings is 1. The summed E-state index contributed by atoms with van der Waals surface area (Å²) in [6.45, 7) is 0.640. The van der Waals surface area contributed by atoms with E-state index in [1.165, 1.54) is 5.56 Å². The molecule has 0 amide bonds. The number of hydrogen-bond acceptors (Lipinski definition) is 1. The second-order valence-corrected chi connectivity index (χ2v) is 1.69. The predicted octanol–water partition coefficient (Wildman–Crippen LogP) is 0.571. The lowest BCUT2D eigenvalue weighted by atomic mass is 10.2. The first-order valence-corrected chi connectivity index (χ1v) is 2.67. The van der Waals surface area contributed by atoms with Crippen molar-refractivity contribution in [3.63, 3.8) is 0 Å². The van der Waals surface area contributed by atoms with Crippen LogP contribution in [-0.4, -0.2) is 8.41 Å². The Morgan fingerprint density at radius 2 is 1.23 bits per heavy atom. The van der Waals surface area contributed by atoms with Crippen LogP contribution in [0.3, 0.4) is 0 Å². The van der Waals surface area contributed by atoms with Crippen LogP contribution in [0.1, 0.15) is 5.56 Å². The van der Waals surface area contributed by atoms with Crippen molar-refractivity contribution >= 4 is 8.41 Å². The van der Waals surface area contributed by atoms with Crippen LogP contribution in [0.5, 0.6) is 0 Å². The van der Waals surface area contributed by atoms with Crippen LogP contribution in [0.15, 0.2) is 30.3 Å². The molecule has 0 radical (unpaired) electrons. The molecule has 1 aromatic rings. The van der Waals surface area contributed by atoms with E-state index in [0.29, 0.717) is 6.54 Å². The van der Waals surface area contributed by atoms with Crippen molar-refractivity contribution in [3.8, 4) is 0 Å². The number of hydrogen-bond donors (Lipinski definition) is 1. The van der Waals surface area contributed by atoms with Gasteiger partial charge in [-0.25, -0.2) is 0 Å². The van der Waals surface area contributed by atoms with Gasteiger partial charge in [0.25, 0.3) is 0 Å². The van der Waals surface area contributed by atoms with Crippen molar-refractivity contribution in [2.45, 2.75) is 6.54 Å². The van der Waals surface area contributed by atoms with E-state index in [1.54, 1.807) is 0 Å². The molecule has 1 rings (SSSR count). The molecule has 1 aromatic carbocycles. The highest BCUT2D eigenvalue weighted by Crippen LogP contribution is 1.94. The first kappa shape index (κ1) is 29.7. The van der Waals surface area contributed by atoms with Gasteiger partial charge in [-0.15, -0.1) is 0 Å². The first-order valence-electron chi connectivity index (χ1n) is 2.67. The summed E-state index contributed by atoms with van der Waals surface area (Å²) in [6, 6.07) is 9.99. The summed E-state index contributed by atoms with van der Waals surface area (Å²) in [6.07, 6.45) is 0. The van der Waals surface area contributed by atoms with E-state index in [-0.39, 0.29) is 27.2 Å². The summed E-state index contributed by atoms with van der Waals surface area (Å²) in [4.78, 5) is 0. The van der Waals surface area contributed by atoms with Gasteiger partial charge < -0.3 is 5.73 Å².